The summed E-state index contributed by atoms with van der Waals surface area (Å²) in [7, 11) is 0. The smallest absolute Gasteiger partial charge is 0.227 e. The summed E-state index contributed by atoms with van der Waals surface area (Å²) in [6.45, 7) is 11.0. The highest BCUT2D eigenvalue weighted by molar-refractivity contribution is 7.14. The van der Waals surface area contributed by atoms with Crippen LogP contribution in [0.5, 0.6) is 0 Å². The molecule has 0 fully saturated rings. The second kappa shape index (κ2) is 10.1. The number of hydrogen-bond donors (Lipinski definition) is 2. The maximum atomic E-state index is 12.2. The third kappa shape index (κ3) is 6.07. The van der Waals surface area contributed by atoms with Gasteiger partial charge in [0.15, 0.2) is 5.13 Å². The SMILES string of the molecule is Cc1cc(-c2csc(NC(=O)CCNC(=O)C(C)(C)C)n2)c(C)n1CCc1ccccc1. The molecule has 0 unspecified atom stereocenters. The maximum Gasteiger partial charge on any atom is 0.227 e. The van der Waals surface area contributed by atoms with Gasteiger partial charge in [0.05, 0.1) is 5.69 Å². The minimum atomic E-state index is -0.464. The van der Waals surface area contributed by atoms with Crippen molar-refractivity contribution >= 4 is 28.3 Å². The number of thiazole rings is 1. The van der Waals surface area contributed by atoms with E-state index in [0.717, 1.165) is 24.2 Å². The summed E-state index contributed by atoms with van der Waals surface area (Å²) in [5.74, 6) is -0.224. The molecule has 1 aromatic carbocycles. The van der Waals surface area contributed by atoms with E-state index in [0.29, 0.717) is 11.7 Å². The van der Waals surface area contributed by atoms with Crippen LogP contribution in [0.4, 0.5) is 5.13 Å². The van der Waals surface area contributed by atoms with E-state index in [4.69, 9.17) is 0 Å². The van der Waals surface area contributed by atoms with Crippen LogP contribution in [0.3, 0.4) is 0 Å². The summed E-state index contributed by atoms with van der Waals surface area (Å²) >= 11 is 1.41. The van der Waals surface area contributed by atoms with Crippen molar-refractivity contribution in [3.63, 3.8) is 0 Å². The molecule has 2 aromatic heterocycles. The minimum absolute atomic E-state index is 0.0653. The molecule has 32 heavy (non-hydrogen) atoms. The number of aryl methyl sites for hydroxylation is 2. The van der Waals surface area contributed by atoms with Crippen molar-refractivity contribution in [2.45, 2.75) is 54.0 Å². The number of anilines is 1. The van der Waals surface area contributed by atoms with Crippen molar-refractivity contribution in [1.82, 2.24) is 14.9 Å². The van der Waals surface area contributed by atoms with Gasteiger partial charge in [-0.1, -0.05) is 51.1 Å². The van der Waals surface area contributed by atoms with Gasteiger partial charge in [-0.25, -0.2) is 4.98 Å². The zero-order valence-corrected chi connectivity index (χ0v) is 20.3. The molecule has 7 heteroatoms. The number of benzene rings is 1. The molecule has 0 saturated carbocycles. The second-order valence-corrected chi connectivity index (χ2v) is 9.87. The molecule has 170 valence electrons. The minimum Gasteiger partial charge on any atom is -0.355 e. The van der Waals surface area contributed by atoms with Crippen molar-refractivity contribution in [3.8, 4) is 11.3 Å². The number of amides is 2. The van der Waals surface area contributed by atoms with Gasteiger partial charge in [-0.15, -0.1) is 11.3 Å². The molecule has 2 N–H and O–H groups in total. The van der Waals surface area contributed by atoms with E-state index in [2.05, 4.69) is 64.4 Å². The van der Waals surface area contributed by atoms with E-state index in [-0.39, 0.29) is 18.2 Å². The Kier molecular flexibility index (Phi) is 7.51. The molecule has 0 atom stereocenters. The van der Waals surface area contributed by atoms with Crippen LogP contribution in [0.15, 0.2) is 41.8 Å². The summed E-state index contributed by atoms with van der Waals surface area (Å²) in [5.41, 5.74) is 5.18. The Hall–Kier alpha value is -2.93. The Balaban J connectivity index is 1.59. The zero-order valence-electron chi connectivity index (χ0n) is 19.5. The molecule has 0 radical (unpaired) electrons. The standard InChI is InChI=1S/C25H32N4O2S/c1-17-15-20(18(2)29(17)14-12-19-9-7-6-8-10-19)21-16-32-24(27-21)28-22(30)11-13-26-23(31)25(3,4)5/h6-10,15-16H,11-14H2,1-5H3,(H,26,31)(H,27,28,30). The predicted molar refractivity (Wildman–Crippen MR) is 131 cm³/mol. The van der Waals surface area contributed by atoms with Crippen LogP contribution in [0.1, 0.15) is 44.1 Å². The van der Waals surface area contributed by atoms with Crippen LogP contribution in [-0.2, 0) is 22.6 Å². The predicted octanol–water partition coefficient (Wildman–Crippen LogP) is 4.96. The fourth-order valence-electron chi connectivity index (χ4n) is 3.48. The summed E-state index contributed by atoms with van der Waals surface area (Å²) in [6.07, 6.45) is 1.19. The van der Waals surface area contributed by atoms with Crippen LogP contribution in [0.2, 0.25) is 0 Å². The molecule has 0 bridgehead atoms. The van der Waals surface area contributed by atoms with E-state index >= 15 is 0 Å². The van der Waals surface area contributed by atoms with E-state index in [9.17, 15) is 9.59 Å². The fraction of sp³-hybridized carbons (Fsp3) is 0.400. The highest BCUT2D eigenvalue weighted by Crippen LogP contribution is 2.30. The van der Waals surface area contributed by atoms with Crippen molar-refractivity contribution in [1.29, 1.82) is 0 Å². The first-order valence-corrected chi connectivity index (χ1v) is 11.8. The number of nitrogens with zero attached hydrogens (tertiary/aromatic N) is 2. The van der Waals surface area contributed by atoms with E-state index in [1.54, 1.807) is 0 Å². The molecule has 3 rings (SSSR count). The molecule has 6 nitrogen and oxygen atoms in total. The lowest BCUT2D eigenvalue weighted by Crippen LogP contribution is -2.36. The van der Waals surface area contributed by atoms with Gasteiger partial charge in [-0.2, -0.15) is 0 Å². The quantitative estimate of drug-likeness (QED) is 0.507. The molecule has 0 aliphatic heterocycles. The lowest BCUT2D eigenvalue weighted by molar-refractivity contribution is -0.128. The summed E-state index contributed by atoms with van der Waals surface area (Å²) in [6, 6.07) is 12.6. The van der Waals surface area contributed by atoms with Gasteiger partial charge >= 0.3 is 0 Å². The Labute approximate surface area is 194 Å². The molecule has 0 saturated heterocycles. The zero-order chi connectivity index (χ0) is 23.3. The van der Waals surface area contributed by atoms with Crippen LogP contribution in [0.25, 0.3) is 11.3 Å². The number of nitrogens with one attached hydrogen (secondary N) is 2. The Morgan fingerprint density at radius 1 is 1.12 bits per heavy atom. The van der Waals surface area contributed by atoms with Crippen LogP contribution < -0.4 is 10.6 Å². The highest BCUT2D eigenvalue weighted by Gasteiger charge is 2.21. The normalized spacial score (nSPS) is 11.4. The Morgan fingerprint density at radius 3 is 2.53 bits per heavy atom. The van der Waals surface area contributed by atoms with Crippen molar-refractivity contribution in [2.75, 3.05) is 11.9 Å². The summed E-state index contributed by atoms with van der Waals surface area (Å²) < 4.78 is 2.32. The van der Waals surface area contributed by atoms with Gasteiger partial charge < -0.3 is 15.2 Å². The Morgan fingerprint density at radius 2 is 1.84 bits per heavy atom. The maximum absolute atomic E-state index is 12.2. The fourth-order valence-corrected chi connectivity index (χ4v) is 4.21. The number of carbonyl (C=O) groups excluding carboxylic acids is 2. The van der Waals surface area contributed by atoms with E-state index in [1.807, 2.05) is 32.2 Å². The van der Waals surface area contributed by atoms with Gasteiger partial charge in [-0.05, 0) is 31.9 Å². The molecular weight excluding hydrogens is 420 g/mol. The first kappa shape index (κ1) is 23.7. The second-order valence-electron chi connectivity index (χ2n) is 9.01. The highest BCUT2D eigenvalue weighted by atomic mass is 32.1. The monoisotopic (exact) mass is 452 g/mol. The molecule has 0 spiro atoms. The summed E-state index contributed by atoms with van der Waals surface area (Å²) in [5, 5.41) is 8.18. The molecule has 3 aromatic rings. The van der Waals surface area contributed by atoms with Crippen LogP contribution in [-0.4, -0.2) is 27.9 Å². The third-order valence-corrected chi connectivity index (χ3v) is 6.14. The molecule has 0 aliphatic rings. The lowest BCUT2D eigenvalue weighted by Gasteiger charge is -2.17. The van der Waals surface area contributed by atoms with E-state index in [1.165, 1.54) is 28.3 Å². The average molecular weight is 453 g/mol. The average Bonchev–Trinajstić information content (AvgIpc) is 3.30. The van der Waals surface area contributed by atoms with Gasteiger partial charge in [-0.3, -0.25) is 9.59 Å². The van der Waals surface area contributed by atoms with Gasteiger partial charge in [0, 0.05) is 47.3 Å². The van der Waals surface area contributed by atoms with Crippen LogP contribution >= 0.6 is 11.3 Å². The topological polar surface area (TPSA) is 76.0 Å². The van der Waals surface area contributed by atoms with Crippen molar-refractivity contribution < 1.29 is 9.59 Å². The number of rotatable bonds is 8. The number of hydrogen-bond acceptors (Lipinski definition) is 4. The lowest BCUT2D eigenvalue weighted by atomic mass is 9.96. The van der Waals surface area contributed by atoms with Crippen molar-refractivity contribution in [2.24, 2.45) is 5.41 Å². The van der Waals surface area contributed by atoms with Crippen molar-refractivity contribution in [3.05, 3.63) is 58.7 Å². The molecule has 2 amide bonds. The number of carbonyl (C=O) groups is 2. The van der Waals surface area contributed by atoms with Crippen LogP contribution in [0, 0.1) is 19.3 Å². The van der Waals surface area contributed by atoms with Gasteiger partial charge in [0.25, 0.3) is 0 Å². The molecule has 0 aliphatic carbocycles. The third-order valence-electron chi connectivity index (χ3n) is 5.39. The first-order chi connectivity index (χ1) is 15.1. The Bertz CT molecular complexity index is 1080. The van der Waals surface area contributed by atoms with E-state index < -0.39 is 5.41 Å². The first-order valence-electron chi connectivity index (χ1n) is 10.9. The molecule has 2 heterocycles. The summed E-state index contributed by atoms with van der Waals surface area (Å²) in [4.78, 5) is 28.8. The molecular formula is C25H32N4O2S. The largest absolute Gasteiger partial charge is 0.355 e. The van der Waals surface area contributed by atoms with Gasteiger partial charge in [0.1, 0.15) is 0 Å². The number of aromatic nitrogens is 2. The van der Waals surface area contributed by atoms with Gasteiger partial charge in [0.2, 0.25) is 11.8 Å².